The second-order valence-corrected chi connectivity index (χ2v) is 11.1. The van der Waals surface area contributed by atoms with E-state index in [-0.39, 0.29) is 34.7 Å². The van der Waals surface area contributed by atoms with Gasteiger partial charge in [0.1, 0.15) is 11.4 Å². The fourth-order valence-electron chi connectivity index (χ4n) is 3.16. The largest absolute Gasteiger partial charge is 0.446 e. The number of pyridine rings is 1. The predicted octanol–water partition coefficient (Wildman–Crippen LogP) is 3.66. The topological polar surface area (TPSA) is 103 Å². The fourth-order valence-corrected chi connectivity index (χ4v) is 4.26. The first-order chi connectivity index (χ1) is 15.6. The van der Waals surface area contributed by atoms with Crippen molar-refractivity contribution in [1.82, 2.24) is 14.2 Å². The first-order valence-corrected chi connectivity index (χ1v) is 12.0. The molecule has 1 fully saturated rings. The second-order valence-electron chi connectivity index (χ2n) is 8.05. The van der Waals surface area contributed by atoms with Gasteiger partial charge in [-0.15, -0.1) is 0 Å². The number of halogens is 3. The van der Waals surface area contributed by atoms with Crippen LogP contribution in [0.25, 0.3) is 0 Å². The minimum Gasteiger partial charge on any atom is -0.305 e. The molecule has 34 heavy (non-hydrogen) atoms. The van der Waals surface area contributed by atoms with E-state index in [4.69, 9.17) is 0 Å². The molecule has 1 saturated heterocycles. The normalized spacial score (nSPS) is 16.5. The number of hydrogen-bond donors (Lipinski definition) is 1. The minimum atomic E-state index is -4.45. The zero-order chi connectivity index (χ0) is 25.5. The Morgan fingerprint density at radius 3 is 2.29 bits per heavy atom. The molecule has 0 spiro atoms. The molecule has 0 unspecified atom stereocenters. The predicted molar refractivity (Wildman–Crippen MR) is 121 cm³/mol. The van der Waals surface area contributed by atoms with E-state index in [1.165, 1.54) is 55.5 Å². The Balaban J connectivity index is 1.84. The number of anilines is 2. The van der Waals surface area contributed by atoms with Crippen LogP contribution in [0, 0.1) is 0 Å². The zero-order valence-electron chi connectivity index (χ0n) is 18.6. The monoisotopic (exact) mass is 517 g/mol. The lowest BCUT2D eigenvalue weighted by Crippen LogP contribution is -2.43. The van der Waals surface area contributed by atoms with Gasteiger partial charge in [0.2, 0.25) is 0 Å². The molecule has 1 N–H and O–H groups in total. The van der Waals surface area contributed by atoms with Crippen LogP contribution in [0.5, 0.6) is 0 Å². The molecule has 14 heteroatoms. The summed E-state index contributed by atoms with van der Waals surface area (Å²) in [5, 5.41) is 0. The van der Waals surface area contributed by atoms with Crippen molar-refractivity contribution in [3.05, 3.63) is 48.2 Å². The number of nitrogens with one attached hydrogen (secondary N) is 1. The van der Waals surface area contributed by atoms with Crippen molar-refractivity contribution in [3.63, 3.8) is 0 Å². The highest BCUT2D eigenvalue weighted by molar-refractivity contribution is 8.00. The number of nitrogens with zero attached hydrogens (tertiary/aromatic N) is 4. The zero-order valence-corrected chi connectivity index (χ0v) is 20.3. The smallest absolute Gasteiger partial charge is 0.305 e. The highest BCUT2D eigenvalue weighted by atomic mass is 32.2. The van der Waals surface area contributed by atoms with E-state index < -0.39 is 33.2 Å². The Morgan fingerprint density at radius 2 is 1.74 bits per heavy atom. The summed E-state index contributed by atoms with van der Waals surface area (Å²) in [6, 6.07) is 7.31. The van der Waals surface area contributed by atoms with Crippen molar-refractivity contribution in [1.29, 1.82) is 0 Å². The summed E-state index contributed by atoms with van der Waals surface area (Å²) < 4.78 is 65.1. The van der Waals surface area contributed by atoms with Gasteiger partial charge in [0.05, 0.1) is 5.69 Å². The van der Waals surface area contributed by atoms with Gasteiger partial charge < -0.3 is 4.90 Å². The van der Waals surface area contributed by atoms with E-state index in [0.29, 0.717) is 5.56 Å². The van der Waals surface area contributed by atoms with Crippen LogP contribution in [-0.2, 0) is 21.5 Å². The van der Waals surface area contributed by atoms with Crippen LogP contribution in [0.3, 0.4) is 0 Å². The van der Waals surface area contributed by atoms with E-state index in [2.05, 4.69) is 9.71 Å². The third kappa shape index (κ3) is 5.45. The number of imide groups is 1. The van der Waals surface area contributed by atoms with Crippen LogP contribution in [0.2, 0.25) is 0 Å². The molecule has 3 rings (SSSR count). The van der Waals surface area contributed by atoms with Crippen molar-refractivity contribution in [2.75, 3.05) is 23.7 Å². The van der Waals surface area contributed by atoms with Crippen molar-refractivity contribution < 1.29 is 31.2 Å². The van der Waals surface area contributed by atoms with E-state index in [0.717, 1.165) is 9.21 Å². The summed E-state index contributed by atoms with van der Waals surface area (Å²) in [6.45, 7) is 3.07. The lowest BCUT2D eigenvalue weighted by Gasteiger charge is -2.27. The minimum absolute atomic E-state index is 0.0324. The molecular weight excluding hydrogens is 495 g/mol. The van der Waals surface area contributed by atoms with Crippen LogP contribution in [0.1, 0.15) is 19.4 Å². The average molecular weight is 518 g/mol. The standard InChI is InChI=1S/C20H22F3N5O4S2/c1-19(2)17(29)28(14-5-7-15(8-6-14)33-20(21,22)23)18(30)27(19)12-13-9-10-24-16(11-13)25-34(31,32)26(3)4/h5-11H,12H2,1-4H3,(H,24,25). The van der Waals surface area contributed by atoms with Gasteiger partial charge >= 0.3 is 21.7 Å². The Morgan fingerprint density at radius 1 is 1.12 bits per heavy atom. The van der Waals surface area contributed by atoms with E-state index in [1.807, 2.05) is 0 Å². The van der Waals surface area contributed by atoms with Crippen molar-refractivity contribution >= 4 is 45.4 Å². The number of carbonyl (C=O) groups excluding carboxylic acids is 2. The number of benzene rings is 1. The average Bonchev–Trinajstić information content (AvgIpc) is 2.87. The molecule has 0 saturated carbocycles. The summed E-state index contributed by atoms with van der Waals surface area (Å²) in [4.78, 5) is 32.3. The number of rotatable bonds is 7. The third-order valence-corrected chi connectivity index (χ3v) is 7.20. The van der Waals surface area contributed by atoms with Gasteiger partial charge in [0.15, 0.2) is 0 Å². The number of thioether (sulfide) groups is 1. The first kappa shape index (κ1) is 25.8. The molecule has 0 bridgehead atoms. The van der Waals surface area contributed by atoms with Gasteiger partial charge in [-0.25, -0.2) is 14.7 Å². The molecule has 1 aliphatic heterocycles. The van der Waals surface area contributed by atoms with Crippen molar-refractivity contribution in [2.45, 2.75) is 36.3 Å². The molecule has 0 aliphatic carbocycles. The number of aromatic nitrogens is 1. The molecule has 3 amide bonds. The SMILES string of the molecule is CN(C)S(=O)(=O)Nc1cc(CN2C(=O)N(c3ccc(SC(F)(F)F)cc3)C(=O)C2(C)C)ccn1. The lowest BCUT2D eigenvalue weighted by molar-refractivity contribution is -0.123. The number of hydrogen-bond acceptors (Lipinski definition) is 6. The van der Waals surface area contributed by atoms with Gasteiger partial charge in [-0.1, -0.05) is 0 Å². The Kier molecular flexibility index (Phi) is 6.88. The quantitative estimate of drug-likeness (QED) is 0.444. The number of alkyl halides is 3. The maximum Gasteiger partial charge on any atom is 0.446 e. The third-order valence-electron chi connectivity index (χ3n) is 5.03. The van der Waals surface area contributed by atoms with Gasteiger partial charge in [-0.05, 0) is 67.6 Å². The molecule has 1 aromatic heterocycles. The molecular formula is C20H22F3N5O4S2. The van der Waals surface area contributed by atoms with Crippen LogP contribution in [0.15, 0.2) is 47.5 Å². The van der Waals surface area contributed by atoms with Crippen LogP contribution >= 0.6 is 11.8 Å². The summed E-state index contributed by atoms with van der Waals surface area (Å²) in [7, 11) is -1.09. The summed E-state index contributed by atoms with van der Waals surface area (Å²) in [5.41, 5.74) is -5.06. The number of urea groups is 1. The molecule has 1 aromatic carbocycles. The van der Waals surface area contributed by atoms with E-state index in [9.17, 15) is 31.2 Å². The maximum atomic E-state index is 13.2. The highest BCUT2D eigenvalue weighted by Crippen LogP contribution is 2.39. The van der Waals surface area contributed by atoms with Gasteiger partial charge in [0.25, 0.3) is 5.91 Å². The second kappa shape index (κ2) is 9.07. The number of amides is 3. The molecule has 2 aromatic rings. The maximum absolute atomic E-state index is 13.2. The van der Waals surface area contributed by atoms with E-state index in [1.54, 1.807) is 19.9 Å². The molecule has 2 heterocycles. The van der Waals surface area contributed by atoms with Crippen molar-refractivity contribution in [2.24, 2.45) is 0 Å². The molecule has 0 radical (unpaired) electrons. The molecule has 0 atom stereocenters. The lowest BCUT2D eigenvalue weighted by atomic mass is 10.0. The van der Waals surface area contributed by atoms with Gasteiger partial charge in [-0.3, -0.25) is 9.52 Å². The summed E-state index contributed by atoms with van der Waals surface area (Å²) >= 11 is -0.294. The Hall–Kier alpha value is -2.84. The Bertz CT molecular complexity index is 1200. The first-order valence-electron chi connectivity index (χ1n) is 9.79. The van der Waals surface area contributed by atoms with Crippen LogP contribution in [-0.4, -0.2) is 59.7 Å². The van der Waals surface area contributed by atoms with Crippen molar-refractivity contribution in [3.8, 4) is 0 Å². The van der Waals surface area contributed by atoms with Crippen LogP contribution in [0.4, 0.5) is 29.5 Å². The van der Waals surface area contributed by atoms with Crippen LogP contribution < -0.4 is 9.62 Å². The highest BCUT2D eigenvalue weighted by Gasteiger charge is 2.51. The molecule has 9 nitrogen and oxygen atoms in total. The molecule has 184 valence electrons. The fraction of sp³-hybridized carbons (Fsp3) is 0.350. The van der Waals surface area contributed by atoms with E-state index >= 15 is 0 Å². The van der Waals surface area contributed by atoms with Gasteiger partial charge in [-0.2, -0.15) is 25.9 Å². The molecule has 1 aliphatic rings. The van der Waals surface area contributed by atoms with Gasteiger partial charge in [0, 0.05) is 31.7 Å². The Labute approximate surface area is 199 Å². The number of carbonyl (C=O) groups is 2. The summed E-state index contributed by atoms with van der Waals surface area (Å²) in [6.07, 6.45) is 1.37. The summed E-state index contributed by atoms with van der Waals surface area (Å²) in [5.74, 6) is -0.507.